The van der Waals surface area contributed by atoms with Crippen LogP contribution in [0.3, 0.4) is 0 Å². The number of esters is 1. The quantitative estimate of drug-likeness (QED) is 0.524. The summed E-state index contributed by atoms with van der Waals surface area (Å²) in [5, 5.41) is 2.59. The summed E-state index contributed by atoms with van der Waals surface area (Å²) >= 11 is 6.92. The van der Waals surface area contributed by atoms with E-state index in [0.29, 0.717) is 20.5 Å². The van der Waals surface area contributed by atoms with Crippen LogP contribution in [0.25, 0.3) is 0 Å². The van der Waals surface area contributed by atoms with Crippen LogP contribution in [0, 0.1) is 0 Å². The Labute approximate surface area is 165 Å². The number of hydrogen-bond acceptors (Lipinski definition) is 6. The number of Topliss-reactive ketones (excluding diaryl/α,β-unsaturated/α-hetero) is 2. The van der Waals surface area contributed by atoms with Gasteiger partial charge in [-0.15, -0.1) is 11.3 Å². The smallest absolute Gasteiger partial charge is 0.307 e. The van der Waals surface area contributed by atoms with Gasteiger partial charge in [-0.2, -0.15) is 0 Å². The molecule has 0 unspecified atom stereocenters. The van der Waals surface area contributed by atoms with Gasteiger partial charge < -0.3 is 10.1 Å². The number of carbonyl (C=O) groups excluding carboxylic acids is 4. The average molecular weight is 408 g/mol. The zero-order chi connectivity index (χ0) is 20.0. The normalized spacial score (nSPS) is 11.5. The molecule has 0 aliphatic carbocycles. The zero-order valence-electron chi connectivity index (χ0n) is 14.8. The summed E-state index contributed by atoms with van der Waals surface area (Å²) in [5.41, 5.74) is 0.894. The lowest BCUT2D eigenvalue weighted by Crippen LogP contribution is -2.30. The third kappa shape index (κ3) is 6.30. The fraction of sp³-hybridized carbons (Fsp3) is 0.263. The molecule has 142 valence electrons. The first-order valence-corrected chi connectivity index (χ1v) is 9.35. The largest absolute Gasteiger partial charge is 0.453 e. The van der Waals surface area contributed by atoms with Crippen LogP contribution in [0.5, 0.6) is 0 Å². The maximum Gasteiger partial charge on any atom is 0.307 e. The van der Waals surface area contributed by atoms with Crippen LogP contribution in [0.4, 0.5) is 5.69 Å². The molecule has 0 saturated carbocycles. The van der Waals surface area contributed by atoms with E-state index in [1.165, 1.54) is 13.8 Å². The highest BCUT2D eigenvalue weighted by atomic mass is 35.5. The molecule has 0 saturated heterocycles. The van der Waals surface area contributed by atoms with Crippen LogP contribution >= 0.6 is 22.9 Å². The zero-order valence-corrected chi connectivity index (χ0v) is 16.4. The second-order valence-corrected chi connectivity index (χ2v) is 7.50. The topological polar surface area (TPSA) is 89.5 Å². The van der Waals surface area contributed by atoms with Crippen LogP contribution in [0.15, 0.2) is 36.4 Å². The van der Waals surface area contributed by atoms with E-state index in [1.54, 1.807) is 36.4 Å². The van der Waals surface area contributed by atoms with Crippen LogP contribution < -0.4 is 5.32 Å². The second-order valence-electron chi connectivity index (χ2n) is 5.79. The van der Waals surface area contributed by atoms with Crippen molar-refractivity contribution in [1.29, 1.82) is 0 Å². The molecule has 1 amide bonds. The molecule has 1 heterocycles. The van der Waals surface area contributed by atoms with Crippen LogP contribution in [0.1, 0.15) is 46.7 Å². The molecule has 0 spiro atoms. The van der Waals surface area contributed by atoms with Gasteiger partial charge in [0.1, 0.15) is 0 Å². The Balaban J connectivity index is 1.82. The number of nitrogens with one attached hydrogen (secondary N) is 1. The van der Waals surface area contributed by atoms with Gasteiger partial charge in [0.2, 0.25) is 0 Å². The molecular formula is C19H18ClNO5S. The predicted octanol–water partition coefficient (Wildman–Crippen LogP) is 4.14. The Morgan fingerprint density at radius 1 is 1.15 bits per heavy atom. The molecule has 0 bridgehead atoms. The first-order chi connectivity index (χ1) is 12.8. The molecule has 27 heavy (non-hydrogen) atoms. The minimum atomic E-state index is -1.04. The number of ether oxygens (including phenoxy) is 1. The third-order valence-corrected chi connectivity index (χ3v) is 4.89. The summed E-state index contributed by atoms with van der Waals surface area (Å²) in [6.45, 7) is 2.86. The molecular weight excluding hydrogens is 390 g/mol. The van der Waals surface area contributed by atoms with Crippen LogP contribution in [-0.2, 0) is 14.3 Å². The summed E-state index contributed by atoms with van der Waals surface area (Å²) < 4.78 is 5.56. The van der Waals surface area contributed by atoms with Crippen LogP contribution in [0.2, 0.25) is 4.34 Å². The van der Waals surface area contributed by atoms with Crippen molar-refractivity contribution in [2.24, 2.45) is 0 Å². The number of anilines is 1. The van der Waals surface area contributed by atoms with Crippen molar-refractivity contribution in [3.05, 3.63) is 51.2 Å². The van der Waals surface area contributed by atoms with E-state index in [1.807, 2.05) is 0 Å². The Morgan fingerprint density at radius 3 is 2.52 bits per heavy atom. The Hall–Kier alpha value is -2.51. The molecule has 0 aliphatic rings. The molecule has 1 atom stereocenters. The maximum atomic E-state index is 12.1. The lowest BCUT2D eigenvalue weighted by Gasteiger charge is -2.13. The maximum absolute atomic E-state index is 12.1. The van der Waals surface area contributed by atoms with Crippen molar-refractivity contribution in [1.82, 2.24) is 0 Å². The molecule has 2 rings (SSSR count). The van der Waals surface area contributed by atoms with Gasteiger partial charge in [0.05, 0.1) is 15.6 Å². The van der Waals surface area contributed by atoms with E-state index in [2.05, 4.69) is 5.32 Å². The lowest BCUT2D eigenvalue weighted by molar-refractivity contribution is -0.153. The lowest BCUT2D eigenvalue weighted by atomic mass is 10.1. The number of carbonyl (C=O) groups is 4. The van der Waals surface area contributed by atoms with E-state index in [-0.39, 0.29) is 24.4 Å². The number of thiophene rings is 1. The van der Waals surface area contributed by atoms with E-state index in [0.717, 1.165) is 11.3 Å². The summed E-state index contributed by atoms with van der Waals surface area (Å²) in [6.07, 6.45) is -1.19. The fourth-order valence-corrected chi connectivity index (χ4v) is 3.18. The first-order valence-electron chi connectivity index (χ1n) is 8.16. The number of ketones is 2. The van der Waals surface area contributed by atoms with Crippen molar-refractivity contribution in [2.45, 2.75) is 32.8 Å². The molecule has 6 nitrogen and oxygen atoms in total. The molecule has 2 aromatic rings. The molecule has 1 N–H and O–H groups in total. The van der Waals surface area contributed by atoms with Gasteiger partial charge >= 0.3 is 5.97 Å². The van der Waals surface area contributed by atoms with Gasteiger partial charge in [0.25, 0.3) is 5.91 Å². The average Bonchev–Trinajstić information content (AvgIpc) is 3.06. The molecule has 0 fully saturated rings. The van der Waals surface area contributed by atoms with Gasteiger partial charge in [-0.25, -0.2) is 0 Å². The van der Waals surface area contributed by atoms with Gasteiger partial charge in [-0.05, 0) is 38.1 Å². The Kier molecular flexibility index (Phi) is 7.27. The molecule has 1 aromatic heterocycles. The highest BCUT2D eigenvalue weighted by molar-refractivity contribution is 7.18. The van der Waals surface area contributed by atoms with Gasteiger partial charge in [-0.3, -0.25) is 19.2 Å². The summed E-state index contributed by atoms with van der Waals surface area (Å²) in [6, 6.07) is 9.67. The second kappa shape index (κ2) is 9.43. The number of halogens is 1. The van der Waals surface area contributed by atoms with Crippen molar-refractivity contribution in [3.8, 4) is 0 Å². The Bertz CT molecular complexity index is 876. The number of benzene rings is 1. The summed E-state index contributed by atoms with van der Waals surface area (Å²) in [4.78, 5) is 47.8. The molecule has 0 radical (unpaired) electrons. The Morgan fingerprint density at radius 2 is 1.89 bits per heavy atom. The van der Waals surface area contributed by atoms with Gasteiger partial charge in [0.15, 0.2) is 17.7 Å². The summed E-state index contributed by atoms with van der Waals surface area (Å²) in [7, 11) is 0. The van der Waals surface area contributed by atoms with Gasteiger partial charge in [0, 0.05) is 17.7 Å². The number of hydrogen-bond donors (Lipinski definition) is 1. The summed E-state index contributed by atoms with van der Waals surface area (Å²) in [5.74, 6) is -1.50. The monoisotopic (exact) mass is 407 g/mol. The first kappa shape index (κ1) is 20.8. The van der Waals surface area contributed by atoms with E-state index >= 15 is 0 Å². The van der Waals surface area contributed by atoms with Crippen molar-refractivity contribution < 1.29 is 23.9 Å². The highest BCUT2D eigenvalue weighted by Crippen LogP contribution is 2.23. The van der Waals surface area contributed by atoms with Crippen molar-refractivity contribution in [2.75, 3.05) is 5.32 Å². The van der Waals surface area contributed by atoms with Gasteiger partial charge in [-0.1, -0.05) is 23.7 Å². The van der Waals surface area contributed by atoms with E-state index in [4.69, 9.17) is 16.3 Å². The van der Waals surface area contributed by atoms with Crippen molar-refractivity contribution in [3.63, 3.8) is 0 Å². The van der Waals surface area contributed by atoms with Crippen molar-refractivity contribution >= 4 is 52.1 Å². The molecule has 0 aliphatic heterocycles. The minimum Gasteiger partial charge on any atom is -0.453 e. The SMILES string of the molecule is CC(=O)c1cccc(NC(=O)[C@H](C)OC(=O)CCC(=O)c2ccc(Cl)s2)c1. The van der Waals surface area contributed by atoms with E-state index in [9.17, 15) is 19.2 Å². The molecule has 8 heteroatoms. The minimum absolute atomic E-state index is 0.0231. The predicted molar refractivity (Wildman–Crippen MR) is 104 cm³/mol. The third-order valence-electron chi connectivity index (χ3n) is 3.62. The fourth-order valence-electron chi connectivity index (χ4n) is 2.17. The standard InChI is InChI=1S/C19H18ClNO5S/c1-11(22)13-4-3-5-14(10-13)21-19(25)12(2)26-18(24)9-6-15(23)16-7-8-17(20)27-16/h3-5,7-8,10,12H,6,9H2,1-2H3,(H,21,25)/t12-/m0/s1. The highest BCUT2D eigenvalue weighted by Gasteiger charge is 2.19. The molecule has 1 aromatic carbocycles. The van der Waals surface area contributed by atoms with E-state index < -0.39 is 18.0 Å². The van der Waals surface area contributed by atoms with Crippen LogP contribution in [-0.4, -0.2) is 29.5 Å². The number of rotatable bonds is 8. The number of amides is 1.